The van der Waals surface area contributed by atoms with Crippen LogP contribution in [0.2, 0.25) is 0 Å². The summed E-state index contributed by atoms with van der Waals surface area (Å²) >= 11 is 0. The Labute approximate surface area is 106 Å². The molecule has 0 saturated heterocycles. The Balaban J connectivity index is 2.09. The highest BCUT2D eigenvalue weighted by molar-refractivity contribution is 5.84. The normalized spacial score (nSPS) is 12.8. The van der Waals surface area contributed by atoms with Crippen LogP contribution >= 0.6 is 0 Å². The lowest BCUT2D eigenvalue weighted by Crippen LogP contribution is -2.11. The highest BCUT2D eigenvalue weighted by atomic mass is 14.7. The number of aromatic nitrogens is 1. The molecule has 0 fully saturated rings. The van der Waals surface area contributed by atoms with Crippen molar-refractivity contribution in [3.63, 3.8) is 0 Å². The van der Waals surface area contributed by atoms with E-state index in [1.165, 1.54) is 10.9 Å². The van der Waals surface area contributed by atoms with Crippen molar-refractivity contribution in [3.8, 4) is 0 Å². The number of para-hydroxylation sites is 1. The van der Waals surface area contributed by atoms with Gasteiger partial charge in [0.1, 0.15) is 0 Å². The molecule has 2 nitrogen and oxygen atoms in total. The van der Waals surface area contributed by atoms with Crippen LogP contribution in [0.5, 0.6) is 0 Å². The Hall–Kier alpha value is -2.06. The quantitative estimate of drug-likeness (QED) is 0.702. The van der Waals surface area contributed by atoms with Crippen molar-refractivity contribution in [1.29, 1.82) is 0 Å². The van der Waals surface area contributed by atoms with Crippen LogP contribution in [0.4, 0.5) is 0 Å². The molecule has 1 unspecified atom stereocenters. The fourth-order valence-electron chi connectivity index (χ4n) is 2.39. The van der Waals surface area contributed by atoms with Crippen LogP contribution in [0.1, 0.15) is 22.7 Å². The van der Waals surface area contributed by atoms with Crippen LogP contribution < -0.4 is 5.73 Å². The highest BCUT2D eigenvalue weighted by Crippen LogP contribution is 2.27. The molecule has 2 aromatic carbocycles. The minimum absolute atomic E-state index is 0.0824. The van der Waals surface area contributed by atoms with E-state index in [1.54, 1.807) is 0 Å². The summed E-state index contributed by atoms with van der Waals surface area (Å²) in [5.74, 6) is 0. The second-order valence-corrected chi connectivity index (χ2v) is 4.68. The number of benzene rings is 2. The van der Waals surface area contributed by atoms with Crippen LogP contribution in [0.25, 0.3) is 10.9 Å². The summed E-state index contributed by atoms with van der Waals surface area (Å²) in [6.07, 6.45) is 2.01. The number of H-pyrrole nitrogens is 1. The maximum absolute atomic E-state index is 6.38. The molecule has 0 bridgehead atoms. The van der Waals surface area contributed by atoms with Gasteiger partial charge in [0.2, 0.25) is 0 Å². The van der Waals surface area contributed by atoms with Crippen LogP contribution in [0.15, 0.2) is 54.7 Å². The van der Waals surface area contributed by atoms with Gasteiger partial charge in [-0.2, -0.15) is 0 Å². The SMILES string of the molecule is Cc1cccc(C(N)c2c[nH]c3ccccc23)c1. The first kappa shape index (κ1) is 11.1. The van der Waals surface area contributed by atoms with E-state index < -0.39 is 0 Å². The monoisotopic (exact) mass is 236 g/mol. The smallest absolute Gasteiger partial charge is 0.0572 e. The van der Waals surface area contributed by atoms with E-state index in [4.69, 9.17) is 5.73 Å². The maximum Gasteiger partial charge on any atom is 0.0572 e. The number of fused-ring (bicyclic) bond motifs is 1. The molecule has 0 aliphatic rings. The molecule has 1 atom stereocenters. The van der Waals surface area contributed by atoms with E-state index in [0.29, 0.717) is 0 Å². The molecule has 90 valence electrons. The van der Waals surface area contributed by atoms with Crippen molar-refractivity contribution in [3.05, 3.63) is 71.4 Å². The summed E-state index contributed by atoms with van der Waals surface area (Å²) in [5.41, 5.74) is 11.1. The zero-order valence-electron chi connectivity index (χ0n) is 10.4. The van der Waals surface area contributed by atoms with Crippen molar-refractivity contribution >= 4 is 10.9 Å². The van der Waals surface area contributed by atoms with Crippen LogP contribution in [0.3, 0.4) is 0 Å². The van der Waals surface area contributed by atoms with Crippen molar-refractivity contribution in [2.45, 2.75) is 13.0 Å². The lowest BCUT2D eigenvalue weighted by atomic mass is 9.98. The molecular weight excluding hydrogens is 220 g/mol. The van der Waals surface area contributed by atoms with Crippen molar-refractivity contribution in [1.82, 2.24) is 4.98 Å². The Morgan fingerprint density at radius 1 is 1.06 bits per heavy atom. The van der Waals surface area contributed by atoms with E-state index in [-0.39, 0.29) is 6.04 Å². The van der Waals surface area contributed by atoms with Gasteiger partial charge in [0.25, 0.3) is 0 Å². The number of aromatic amines is 1. The molecule has 0 aliphatic heterocycles. The minimum atomic E-state index is -0.0824. The predicted octanol–water partition coefficient (Wildman–Crippen LogP) is 3.52. The lowest BCUT2D eigenvalue weighted by Gasteiger charge is -2.12. The first-order chi connectivity index (χ1) is 8.75. The van der Waals surface area contributed by atoms with E-state index >= 15 is 0 Å². The van der Waals surface area contributed by atoms with E-state index in [9.17, 15) is 0 Å². The Kier molecular flexibility index (Phi) is 2.65. The number of nitrogens with two attached hydrogens (primary N) is 1. The third-order valence-corrected chi connectivity index (χ3v) is 3.36. The zero-order valence-corrected chi connectivity index (χ0v) is 10.4. The summed E-state index contributed by atoms with van der Waals surface area (Å²) in [4.78, 5) is 3.27. The molecule has 1 aromatic heterocycles. The van der Waals surface area contributed by atoms with E-state index in [1.807, 2.05) is 18.3 Å². The molecule has 3 rings (SSSR count). The summed E-state index contributed by atoms with van der Waals surface area (Å²) in [7, 11) is 0. The van der Waals surface area contributed by atoms with Gasteiger partial charge < -0.3 is 10.7 Å². The van der Waals surface area contributed by atoms with Gasteiger partial charge in [-0.15, -0.1) is 0 Å². The predicted molar refractivity (Wildman–Crippen MR) is 75.5 cm³/mol. The van der Waals surface area contributed by atoms with Gasteiger partial charge in [-0.25, -0.2) is 0 Å². The second kappa shape index (κ2) is 4.31. The molecule has 0 spiro atoms. The fraction of sp³-hybridized carbons (Fsp3) is 0.125. The van der Waals surface area contributed by atoms with Gasteiger partial charge in [-0.05, 0) is 24.1 Å². The fourth-order valence-corrected chi connectivity index (χ4v) is 2.39. The Morgan fingerprint density at radius 2 is 1.89 bits per heavy atom. The minimum Gasteiger partial charge on any atom is -0.361 e. The van der Waals surface area contributed by atoms with Gasteiger partial charge >= 0.3 is 0 Å². The zero-order chi connectivity index (χ0) is 12.5. The van der Waals surface area contributed by atoms with Gasteiger partial charge in [-0.3, -0.25) is 0 Å². The molecule has 2 heteroatoms. The molecule has 0 radical (unpaired) electrons. The molecule has 0 amide bonds. The van der Waals surface area contributed by atoms with Gasteiger partial charge in [-0.1, -0.05) is 48.0 Å². The average Bonchev–Trinajstić information content (AvgIpc) is 2.82. The molecule has 3 aromatic rings. The maximum atomic E-state index is 6.38. The molecular formula is C16H16N2. The van der Waals surface area contributed by atoms with Crippen LogP contribution in [-0.4, -0.2) is 4.98 Å². The largest absolute Gasteiger partial charge is 0.361 e. The number of rotatable bonds is 2. The average molecular weight is 236 g/mol. The lowest BCUT2D eigenvalue weighted by molar-refractivity contribution is 0.878. The van der Waals surface area contributed by atoms with E-state index in [2.05, 4.69) is 48.3 Å². The van der Waals surface area contributed by atoms with Crippen LogP contribution in [-0.2, 0) is 0 Å². The number of hydrogen-bond donors (Lipinski definition) is 2. The van der Waals surface area contributed by atoms with Crippen molar-refractivity contribution in [2.75, 3.05) is 0 Å². The molecule has 3 N–H and O–H groups in total. The Morgan fingerprint density at radius 3 is 2.72 bits per heavy atom. The number of hydrogen-bond acceptors (Lipinski definition) is 1. The standard InChI is InChI=1S/C16H16N2/c1-11-5-4-6-12(9-11)16(17)14-10-18-15-8-3-2-7-13(14)15/h2-10,16,18H,17H2,1H3. The van der Waals surface area contributed by atoms with Crippen LogP contribution in [0, 0.1) is 6.92 Å². The molecule has 0 saturated carbocycles. The van der Waals surface area contributed by atoms with Crippen molar-refractivity contribution < 1.29 is 0 Å². The van der Waals surface area contributed by atoms with Gasteiger partial charge in [0, 0.05) is 17.1 Å². The molecule has 18 heavy (non-hydrogen) atoms. The van der Waals surface area contributed by atoms with Gasteiger partial charge in [0.05, 0.1) is 6.04 Å². The molecule has 0 aliphatic carbocycles. The summed E-state index contributed by atoms with van der Waals surface area (Å²) in [6, 6.07) is 16.5. The number of aryl methyl sites for hydroxylation is 1. The Bertz CT molecular complexity index is 682. The summed E-state index contributed by atoms with van der Waals surface area (Å²) in [6.45, 7) is 2.09. The summed E-state index contributed by atoms with van der Waals surface area (Å²) < 4.78 is 0. The van der Waals surface area contributed by atoms with Gasteiger partial charge in [0.15, 0.2) is 0 Å². The third-order valence-electron chi connectivity index (χ3n) is 3.36. The first-order valence-corrected chi connectivity index (χ1v) is 6.14. The highest BCUT2D eigenvalue weighted by Gasteiger charge is 2.13. The third kappa shape index (κ3) is 1.81. The first-order valence-electron chi connectivity index (χ1n) is 6.14. The topological polar surface area (TPSA) is 41.8 Å². The molecule has 1 heterocycles. The number of nitrogens with one attached hydrogen (secondary N) is 1. The second-order valence-electron chi connectivity index (χ2n) is 4.68. The van der Waals surface area contributed by atoms with Crippen molar-refractivity contribution in [2.24, 2.45) is 5.73 Å². The van der Waals surface area contributed by atoms with E-state index in [0.717, 1.165) is 16.6 Å². The summed E-state index contributed by atoms with van der Waals surface area (Å²) in [5, 5.41) is 1.20.